The summed E-state index contributed by atoms with van der Waals surface area (Å²) >= 11 is 1.55. The number of amides is 1. The smallest absolute Gasteiger partial charge is 0.329 e. The lowest BCUT2D eigenvalue weighted by molar-refractivity contribution is -0.142. The Hall–Kier alpha value is -2.86. The number of methoxy groups -OCH3 is 1. The minimum Gasteiger partial charge on any atom is -0.467 e. The van der Waals surface area contributed by atoms with Crippen LogP contribution in [0.2, 0.25) is 0 Å². The number of benzene rings is 1. The molecular formula is C20H17NO4S. The molecule has 0 saturated carbocycles. The van der Waals surface area contributed by atoms with Gasteiger partial charge in [0.15, 0.2) is 0 Å². The second-order valence-corrected chi connectivity index (χ2v) is 7.03. The number of nitrogens with zero attached hydrogens (tertiary/aromatic N) is 1. The van der Waals surface area contributed by atoms with Gasteiger partial charge < -0.3 is 9.15 Å². The second-order valence-electron chi connectivity index (χ2n) is 6.05. The summed E-state index contributed by atoms with van der Waals surface area (Å²) in [5, 5.41) is 1.95. The maximum atomic E-state index is 12.9. The van der Waals surface area contributed by atoms with Crippen LogP contribution in [0.15, 0.2) is 64.6 Å². The quantitative estimate of drug-likeness (QED) is 0.652. The van der Waals surface area contributed by atoms with Gasteiger partial charge in [0.25, 0.3) is 0 Å². The Balaban J connectivity index is 1.83. The zero-order valence-corrected chi connectivity index (χ0v) is 14.9. The Morgan fingerprint density at radius 2 is 2.04 bits per heavy atom. The lowest BCUT2D eigenvalue weighted by atomic mass is 9.98. The Morgan fingerprint density at radius 3 is 2.73 bits per heavy atom. The molecule has 1 amide bonds. The first-order valence-corrected chi connectivity index (χ1v) is 9.15. The van der Waals surface area contributed by atoms with E-state index in [1.54, 1.807) is 28.6 Å². The van der Waals surface area contributed by atoms with Gasteiger partial charge in [-0.25, -0.2) is 4.79 Å². The van der Waals surface area contributed by atoms with Crippen molar-refractivity contribution in [1.29, 1.82) is 0 Å². The van der Waals surface area contributed by atoms with Crippen LogP contribution >= 0.6 is 11.3 Å². The minimum atomic E-state index is -0.692. The summed E-state index contributed by atoms with van der Waals surface area (Å²) in [6.45, 7) is 0. The number of hydrogen-bond donors (Lipinski definition) is 0. The van der Waals surface area contributed by atoms with Crippen LogP contribution in [-0.4, -0.2) is 25.0 Å². The summed E-state index contributed by atoms with van der Waals surface area (Å²) in [6.07, 6.45) is 1.86. The number of furan rings is 1. The SMILES string of the molecule is COC(=O)[C@@H]1[C@H](c2cccs2)CC(=O)N1c1ccccc1-c1ccco1. The molecule has 132 valence electrons. The Bertz CT molecular complexity index is 917. The molecule has 6 heteroatoms. The molecule has 4 rings (SSSR count). The van der Waals surface area contributed by atoms with Crippen molar-refractivity contribution in [2.45, 2.75) is 18.4 Å². The monoisotopic (exact) mass is 367 g/mol. The maximum absolute atomic E-state index is 12.9. The number of carbonyl (C=O) groups is 2. The summed E-state index contributed by atoms with van der Waals surface area (Å²) in [6, 6.07) is 14.3. The van der Waals surface area contributed by atoms with Gasteiger partial charge >= 0.3 is 5.97 Å². The predicted octanol–water partition coefficient (Wildman–Crippen LogP) is 4.07. The molecule has 5 nitrogen and oxygen atoms in total. The molecule has 0 radical (unpaired) electrons. The van der Waals surface area contributed by atoms with Crippen molar-refractivity contribution in [2.24, 2.45) is 0 Å². The van der Waals surface area contributed by atoms with Crippen molar-refractivity contribution in [3.63, 3.8) is 0 Å². The van der Waals surface area contributed by atoms with E-state index >= 15 is 0 Å². The first-order valence-electron chi connectivity index (χ1n) is 8.27. The molecule has 3 aromatic rings. The highest BCUT2D eigenvalue weighted by atomic mass is 32.1. The average molecular weight is 367 g/mol. The van der Waals surface area contributed by atoms with E-state index in [1.807, 2.05) is 47.8 Å². The summed E-state index contributed by atoms with van der Waals surface area (Å²) in [5.74, 6) is -0.0856. The van der Waals surface area contributed by atoms with Gasteiger partial charge in [0.2, 0.25) is 5.91 Å². The molecule has 3 heterocycles. The van der Waals surface area contributed by atoms with Crippen LogP contribution in [0.25, 0.3) is 11.3 Å². The third-order valence-corrected chi connectivity index (χ3v) is 5.63. The van der Waals surface area contributed by atoms with Crippen LogP contribution in [0.5, 0.6) is 0 Å². The van der Waals surface area contributed by atoms with Gasteiger partial charge in [-0.15, -0.1) is 11.3 Å². The molecule has 1 fully saturated rings. The van der Waals surface area contributed by atoms with E-state index in [9.17, 15) is 9.59 Å². The fourth-order valence-corrected chi connectivity index (χ4v) is 4.35. The molecule has 1 aromatic carbocycles. The molecule has 1 aliphatic heterocycles. The van der Waals surface area contributed by atoms with Gasteiger partial charge in [0, 0.05) is 22.8 Å². The molecule has 0 unspecified atom stereocenters. The standard InChI is InChI=1S/C20H17NO4S/c1-24-20(23)19-14(17-9-5-11-26-17)12-18(22)21(19)15-7-3-2-6-13(15)16-8-4-10-25-16/h2-11,14,19H,12H2,1H3/t14-,19-/m0/s1. The molecule has 0 aliphatic carbocycles. The van der Waals surface area contributed by atoms with Crippen molar-refractivity contribution in [2.75, 3.05) is 12.0 Å². The van der Waals surface area contributed by atoms with Crippen LogP contribution in [0.3, 0.4) is 0 Å². The zero-order chi connectivity index (χ0) is 18.1. The zero-order valence-electron chi connectivity index (χ0n) is 14.1. The van der Waals surface area contributed by atoms with E-state index in [-0.39, 0.29) is 18.2 Å². The number of para-hydroxylation sites is 1. The highest BCUT2D eigenvalue weighted by Crippen LogP contribution is 2.42. The normalized spacial score (nSPS) is 19.7. The van der Waals surface area contributed by atoms with E-state index in [4.69, 9.17) is 9.15 Å². The van der Waals surface area contributed by atoms with Crippen LogP contribution < -0.4 is 4.90 Å². The van der Waals surface area contributed by atoms with Crippen molar-refractivity contribution >= 4 is 28.9 Å². The number of anilines is 1. The second kappa shape index (κ2) is 6.80. The molecule has 26 heavy (non-hydrogen) atoms. The van der Waals surface area contributed by atoms with E-state index in [0.29, 0.717) is 11.4 Å². The molecule has 0 N–H and O–H groups in total. The van der Waals surface area contributed by atoms with E-state index in [2.05, 4.69) is 0 Å². The predicted molar refractivity (Wildman–Crippen MR) is 99.1 cm³/mol. The number of ether oxygens (including phenoxy) is 1. The summed E-state index contributed by atoms with van der Waals surface area (Å²) in [4.78, 5) is 28.1. The number of thiophene rings is 1. The first kappa shape index (κ1) is 16.6. The van der Waals surface area contributed by atoms with Gasteiger partial charge in [0.1, 0.15) is 11.8 Å². The van der Waals surface area contributed by atoms with Gasteiger partial charge in [-0.05, 0) is 35.7 Å². The lowest BCUT2D eigenvalue weighted by Crippen LogP contribution is -2.41. The molecule has 1 saturated heterocycles. The van der Waals surface area contributed by atoms with Crippen molar-refractivity contribution < 1.29 is 18.7 Å². The topological polar surface area (TPSA) is 59.8 Å². The minimum absolute atomic E-state index is 0.0993. The van der Waals surface area contributed by atoms with Crippen molar-refractivity contribution in [1.82, 2.24) is 0 Å². The molecular weight excluding hydrogens is 350 g/mol. The third kappa shape index (κ3) is 2.72. The summed E-state index contributed by atoms with van der Waals surface area (Å²) in [7, 11) is 1.35. The first-order chi connectivity index (χ1) is 12.7. The third-order valence-electron chi connectivity index (χ3n) is 4.62. The van der Waals surface area contributed by atoms with Crippen LogP contribution in [0, 0.1) is 0 Å². The Labute approximate surface area is 154 Å². The number of carbonyl (C=O) groups excluding carboxylic acids is 2. The number of rotatable bonds is 4. The highest BCUT2D eigenvalue weighted by Gasteiger charge is 2.47. The van der Waals surface area contributed by atoms with Gasteiger partial charge in [-0.3, -0.25) is 9.69 Å². The molecule has 2 aromatic heterocycles. The molecule has 0 spiro atoms. The van der Waals surface area contributed by atoms with Crippen LogP contribution in [0.1, 0.15) is 17.2 Å². The van der Waals surface area contributed by atoms with Crippen LogP contribution in [0.4, 0.5) is 5.69 Å². The van der Waals surface area contributed by atoms with Gasteiger partial charge in [-0.1, -0.05) is 18.2 Å². The van der Waals surface area contributed by atoms with E-state index in [1.165, 1.54) is 7.11 Å². The number of esters is 1. The lowest BCUT2D eigenvalue weighted by Gasteiger charge is -2.27. The average Bonchev–Trinajstić information content (AvgIpc) is 3.41. The van der Waals surface area contributed by atoms with Crippen LogP contribution in [-0.2, 0) is 14.3 Å². The van der Waals surface area contributed by atoms with Crippen molar-refractivity contribution in [3.05, 3.63) is 65.1 Å². The fraction of sp³-hybridized carbons (Fsp3) is 0.200. The van der Waals surface area contributed by atoms with Gasteiger partial charge in [0.05, 0.1) is 19.1 Å². The fourth-order valence-electron chi connectivity index (χ4n) is 3.49. The molecule has 1 aliphatic rings. The maximum Gasteiger partial charge on any atom is 0.329 e. The summed E-state index contributed by atoms with van der Waals surface area (Å²) < 4.78 is 10.6. The molecule has 0 bridgehead atoms. The van der Waals surface area contributed by atoms with E-state index < -0.39 is 12.0 Å². The van der Waals surface area contributed by atoms with Gasteiger partial charge in [-0.2, -0.15) is 0 Å². The Kier molecular flexibility index (Phi) is 4.34. The molecule has 2 atom stereocenters. The van der Waals surface area contributed by atoms with Crippen molar-refractivity contribution in [3.8, 4) is 11.3 Å². The Morgan fingerprint density at radius 1 is 1.19 bits per heavy atom. The largest absolute Gasteiger partial charge is 0.467 e. The highest BCUT2D eigenvalue weighted by molar-refractivity contribution is 7.10. The van der Waals surface area contributed by atoms with E-state index in [0.717, 1.165) is 10.4 Å². The summed E-state index contributed by atoms with van der Waals surface area (Å²) in [5.41, 5.74) is 1.42. The number of hydrogen-bond acceptors (Lipinski definition) is 5.